The molecule has 1 N–H and O–H groups in total. The number of rotatable bonds is 8. The first-order valence-electron chi connectivity index (χ1n) is 6.89. The van der Waals surface area contributed by atoms with E-state index in [1.807, 2.05) is 0 Å². The molecule has 0 unspecified atom stereocenters. The Morgan fingerprint density at radius 3 is 2.82 bits per heavy atom. The molecule has 0 fully saturated rings. The van der Waals surface area contributed by atoms with Crippen LogP contribution in [0.2, 0.25) is 0 Å². The van der Waals surface area contributed by atoms with Crippen molar-refractivity contribution in [2.75, 3.05) is 20.3 Å². The minimum atomic E-state index is -0.326. The van der Waals surface area contributed by atoms with Crippen LogP contribution in [0.15, 0.2) is 36.7 Å². The van der Waals surface area contributed by atoms with Gasteiger partial charge in [-0.25, -0.2) is 4.39 Å². The van der Waals surface area contributed by atoms with Gasteiger partial charge in [-0.1, -0.05) is 0 Å². The van der Waals surface area contributed by atoms with Crippen molar-refractivity contribution in [3.63, 3.8) is 0 Å². The van der Waals surface area contributed by atoms with E-state index in [2.05, 4.69) is 10.4 Å². The summed E-state index contributed by atoms with van der Waals surface area (Å²) < 4.78 is 24.7. The van der Waals surface area contributed by atoms with Gasteiger partial charge in [-0.3, -0.25) is 9.48 Å². The Kier molecular flexibility index (Phi) is 5.91. The van der Waals surface area contributed by atoms with E-state index in [4.69, 9.17) is 9.47 Å². The number of carbonyl (C=O) groups excluding carboxylic acids is 1. The van der Waals surface area contributed by atoms with E-state index in [1.165, 1.54) is 35.1 Å². The minimum absolute atomic E-state index is 0.111. The third kappa shape index (κ3) is 5.17. The van der Waals surface area contributed by atoms with Crippen LogP contribution < -0.4 is 10.1 Å². The van der Waals surface area contributed by atoms with Crippen LogP contribution >= 0.6 is 0 Å². The van der Waals surface area contributed by atoms with Crippen molar-refractivity contribution in [3.8, 4) is 11.5 Å². The number of hydrogen-bond acceptors (Lipinski definition) is 4. The highest BCUT2D eigenvalue weighted by Gasteiger charge is 2.06. The first kappa shape index (κ1) is 16.0. The molecule has 0 aliphatic rings. The molecule has 1 aromatic carbocycles. The molecule has 22 heavy (non-hydrogen) atoms. The number of halogens is 1. The zero-order valence-corrected chi connectivity index (χ0v) is 12.3. The summed E-state index contributed by atoms with van der Waals surface area (Å²) in [5.41, 5.74) is 0. The maximum absolute atomic E-state index is 12.8. The fourth-order valence-electron chi connectivity index (χ4n) is 1.77. The van der Waals surface area contributed by atoms with Gasteiger partial charge in [-0.05, 0) is 30.7 Å². The van der Waals surface area contributed by atoms with Crippen LogP contribution in [0.3, 0.4) is 0 Å². The summed E-state index contributed by atoms with van der Waals surface area (Å²) in [6.07, 6.45) is 3.87. The average Bonchev–Trinajstić information content (AvgIpc) is 2.93. The highest BCUT2D eigenvalue weighted by atomic mass is 19.1. The van der Waals surface area contributed by atoms with E-state index in [1.54, 1.807) is 13.3 Å². The maximum atomic E-state index is 12.8. The first-order chi connectivity index (χ1) is 10.7. The molecule has 0 aliphatic carbocycles. The molecule has 1 aromatic heterocycles. The molecule has 0 saturated carbocycles. The van der Waals surface area contributed by atoms with Gasteiger partial charge in [-0.15, -0.1) is 0 Å². The van der Waals surface area contributed by atoms with E-state index < -0.39 is 0 Å². The topological polar surface area (TPSA) is 65.4 Å². The fourth-order valence-corrected chi connectivity index (χ4v) is 1.77. The van der Waals surface area contributed by atoms with Crippen LogP contribution in [-0.2, 0) is 16.1 Å². The number of methoxy groups -OCH3 is 1. The van der Waals surface area contributed by atoms with Crippen LogP contribution in [0.1, 0.15) is 6.42 Å². The molecule has 0 radical (unpaired) electrons. The molecule has 6 nitrogen and oxygen atoms in total. The quantitative estimate of drug-likeness (QED) is 0.757. The minimum Gasteiger partial charge on any atom is -0.454 e. The Morgan fingerprint density at radius 1 is 1.32 bits per heavy atom. The van der Waals surface area contributed by atoms with E-state index in [9.17, 15) is 9.18 Å². The molecule has 0 saturated heterocycles. The predicted molar refractivity (Wildman–Crippen MR) is 78.2 cm³/mol. The van der Waals surface area contributed by atoms with Gasteiger partial charge in [-0.2, -0.15) is 5.10 Å². The molecule has 0 atom stereocenters. The Labute approximate surface area is 127 Å². The monoisotopic (exact) mass is 307 g/mol. The molecule has 1 heterocycles. The predicted octanol–water partition coefficient (Wildman–Crippen LogP) is 1.97. The average molecular weight is 307 g/mol. The van der Waals surface area contributed by atoms with Gasteiger partial charge in [0.15, 0.2) is 5.75 Å². The second kappa shape index (κ2) is 8.14. The number of nitrogens with zero attached hydrogens (tertiary/aromatic N) is 2. The molecular weight excluding hydrogens is 289 g/mol. The number of amides is 1. The molecule has 0 aliphatic heterocycles. The fraction of sp³-hybridized carbons (Fsp3) is 0.333. The number of benzene rings is 1. The lowest BCUT2D eigenvalue weighted by atomic mass is 10.3. The molecule has 118 valence electrons. The SMILES string of the molecule is COCCCNC(=O)Cn1cc(Oc2ccc(F)cc2)cn1. The van der Waals surface area contributed by atoms with E-state index in [0.717, 1.165) is 6.42 Å². The van der Waals surface area contributed by atoms with Crippen LogP contribution in [0, 0.1) is 5.82 Å². The van der Waals surface area contributed by atoms with Gasteiger partial charge in [0.2, 0.25) is 5.91 Å². The van der Waals surface area contributed by atoms with Crippen LogP contribution in [0.5, 0.6) is 11.5 Å². The third-order valence-corrected chi connectivity index (χ3v) is 2.81. The lowest BCUT2D eigenvalue weighted by Crippen LogP contribution is -2.29. The van der Waals surface area contributed by atoms with Gasteiger partial charge in [0.05, 0.1) is 12.4 Å². The summed E-state index contributed by atoms with van der Waals surface area (Å²) in [6, 6.07) is 5.67. The van der Waals surface area contributed by atoms with Gasteiger partial charge in [0, 0.05) is 20.3 Å². The number of hydrogen-bond donors (Lipinski definition) is 1. The summed E-state index contributed by atoms with van der Waals surface area (Å²) in [4.78, 5) is 11.7. The summed E-state index contributed by atoms with van der Waals surface area (Å²) in [7, 11) is 1.62. The smallest absolute Gasteiger partial charge is 0.241 e. The van der Waals surface area contributed by atoms with Crippen LogP contribution in [-0.4, -0.2) is 35.9 Å². The third-order valence-electron chi connectivity index (χ3n) is 2.81. The van der Waals surface area contributed by atoms with Crippen molar-refractivity contribution in [1.82, 2.24) is 15.1 Å². The summed E-state index contributed by atoms with van der Waals surface area (Å²) >= 11 is 0. The second-order valence-electron chi connectivity index (χ2n) is 4.63. The highest BCUT2D eigenvalue weighted by Crippen LogP contribution is 2.20. The van der Waals surface area contributed by atoms with Crippen LogP contribution in [0.25, 0.3) is 0 Å². The lowest BCUT2D eigenvalue weighted by Gasteiger charge is -2.05. The number of aromatic nitrogens is 2. The van der Waals surface area contributed by atoms with E-state index in [-0.39, 0.29) is 18.3 Å². The molecule has 2 rings (SSSR count). The van der Waals surface area contributed by atoms with Crippen molar-refractivity contribution in [3.05, 3.63) is 42.5 Å². The Balaban J connectivity index is 1.80. The Bertz CT molecular complexity index is 598. The standard InChI is InChI=1S/C15H18FN3O3/c1-21-8-2-7-17-15(20)11-19-10-14(9-18-19)22-13-5-3-12(16)4-6-13/h3-6,9-10H,2,7-8,11H2,1H3,(H,17,20). The number of carbonyl (C=O) groups is 1. The van der Waals surface area contributed by atoms with Gasteiger partial charge in [0.25, 0.3) is 0 Å². The number of ether oxygens (including phenoxy) is 2. The Morgan fingerprint density at radius 2 is 2.09 bits per heavy atom. The van der Waals surface area contributed by atoms with Crippen molar-refractivity contribution >= 4 is 5.91 Å². The van der Waals surface area contributed by atoms with Crippen LogP contribution in [0.4, 0.5) is 4.39 Å². The van der Waals surface area contributed by atoms with Crippen molar-refractivity contribution in [1.29, 1.82) is 0 Å². The van der Waals surface area contributed by atoms with Crippen molar-refractivity contribution < 1.29 is 18.7 Å². The normalized spacial score (nSPS) is 10.5. The van der Waals surface area contributed by atoms with Crippen molar-refractivity contribution in [2.45, 2.75) is 13.0 Å². The van der Waals surface area contributed by atoms with Crippen molar-refractivity contribution in [2.24, 2.45) is 0 Å². The van der Waals surface area contributed by atoms with E-state index >= 15 is 0 Å². The second-order valence-corrected chi connectivity index (χ2v) is 4.63. The van der Waals surface area contributed by atoms with Gasteiger partial charge >= 0.3 is 0 Å². The zero-order chi connectivity index (χ0) is 15.8. The molecule has 0 bridgehead atoms. The molecule has 2 aromatic rings. The first-order valence-corrected chi connectivity index (χ1v) is 6.89. The lowest BCUT2D eigenvalue weighted by molar-refractivity contribution is -0.121. The largest absolute Gasteiger partial charge is 0.454 e. The molecule has 0 spiro atoms. The van der Waals surface area contributed by atoms with Gasteiger partial charge in [0.1, 0.15) is 18.1 Å². The Hall–Kier alpha value is -2.41. The highest BCUT2D eigenvalue weighted by molar-refractivity contribution is 5.75. The summed E-state index contributed by atoms with van der Waals surface area (Å²) in [6.45, 7) is 1.28. The van der Waals surface area contributed by atoms with E-state index in [0.29, 0.717) is 24.7 Å². The molecule has 7 heteroatoms. The summed E-state index contributed by atoms with van der Waals surface area (Å²) in [5, 5.41) is 6.82. The maximum Gasteiger partial charge on any atom is 0.241 e. The zero-order valence-electron chi connectivity index (χ0n) is 12.3. The number of nitrogens with one attached hydrogen (secondary N) is 1. The molecular formula is C15H18FN3O3. The molecule has 1 amide bonds. The van der Waals surface area contributed by atoms with Gasteiger partial charge < -0.3 is 14.8 Å². The summed E-state index contributed by atoms with van der Waals surface area (Å²) in [5.74, 6) is 0.532.